The van der Waals surface area contributed by atoms with Gasteiger partial charge in [0.15, 0.2) is 6.10 Å². The van der Waals surface area contributed by atoms with E-state index in [1.165, 1.54) is 5.56 Å². The highest BCUT2D eigenvalue weighted by Crippen LogP contribution is 2.22. The molecule has 2 amide bonds. The van der Waals surface area contributed by atoms with Gasteiger partial charge in [0.05, 0.1) is 12.7 Å². The zero-order valence-electron chi connectivity index (χ0n) is 18.8. The maximum absolute atomic E-state index is 13.0. The van der Waals surface area contributed by atoms with E-state index in [1.54, 1.807) is 36.0 Å². The highest BCUT2D eigenvalue weighted by molar-refractivity contribution is 5.97. The van der Waals surface area contributed by atoms with E-state index >= 15 is 0 Å². The van der Waals surface area contributed by atoms with Crippen molar-refractivity contribution in [2.24, 2.45) is 0 Å². The number of hydrogen-bond donors (Lipinski definition) is 0. The molecule has 1 unspecified atom stereocenters. The second-order valence-electron chi connectivity index (χ2n) is 8.16. The summed E-state index contributed by atoms with van der Waals surface area (Å²) in [5, 5.41) is 0. The molecule has 0 saturated carbocycles. The van der Waals surface area contributed by atoms with Crippen molar-refractivity contribution in [3.63, 3.8) is 0 Å². The Balaban J connectivity index is 1.59. The number of benzene rings is 2. The number of amides is 2. The second kappa shape index (κ2) is 10.3. The Morgan fingerprint density at radius 2 is 1.52 bits per heavy atom. The number of hydrogen-bond acceptors (Lipinski definition) is 4. The molecule has 2 aromatic carbocycles. The molecule has 0 bridgehead atoms. The first-order chi connectivity index (χ1) is 14.9. The van der Waals surface area contributed by atoms with Gasteiger partial charge in [0.25, 0.3) is 11.8 Å². The fourth-order valence-corrected chi connectivity index (χ4v) is 3.78. The average molecular weight is 425 g/mol. The molecule has 1 atom stereocenters. The summed E-state index contributed by atoms with van der Waals surface area (Å²) in [4.78, 5) is 29.5. The predicted molar refractivity (Wildman–Crippen MR) is 121 cm³/mol. The summed E-state index contributed by atoms with van der Waals surface area (Å²) >= 11 is 0. The number of methoxy groups -OCH3 is 1. The van der Waals surface area contributed by atoms with Crippen LogP contribution >= 0.6 is 0 Å². The predicted octanol–water partition coefficient (Wildman–Crippen LogP) is 3.96. The van der Waals surface area contributed by atoms with E-state index in [-0.39, 0.29) is 11.8 Å². The Morgan fingerprint density at radius 3 is 2.19 bits per heavy atom. The topological polar surface area (TPSA) is 59.1 Å². The van der Waals surface area contributed by atoms with Crippen LogP contribution in [0.25, 0.3) is 0 Å². The zero-order valence-corrected chi connectivity index (χ0v) is 18.8. The average Bonchev–Trinajstić information content (AvgIpc) is 3.04. The van der Waals surface area contributed by atoms with Crippen LogP contribution in [0.4, 0.5) is 0 Å². The summed E-state index contributed by atoms with van der Waals surface area (Å²) in [5.41, 5.74) is 1.78. The zero-order chi connectivity index (χ0) is 22.4. The SMILES string of the molecule is COc1ccccc1C(=O)N1CCCN(C(=O)C(C)Oc2ccc(C(C)C)cc2)CC1. The summed E-state index contributed by atoms with van der Waals surface area (Å²) in [7, 11) is 1.56. The lowest BCUT2D eigenvalue weighted by molar-refractivity contribution is -0.137. The number of ether oxygens (including phenoxy) is 2. The van der Waals surface area contributed by atoms with Gasteiger partial charge in [0.1, 0.15) is 11.5 Å². The standard InChI is InChI=1S/C25H32N2O4/c1-18(2)20-10-12-21(13-11-20)31-19(3)24(28)26-14-7-15-27(17-16-26)25(29)22-8-5-6-9-23(22)30-4/h5-6,8-13,18-19H,7,14-17H2,1-4H3. The lowest BCUT2D eigenvalue weighted by atomic mass is 10.0. The third-order valence-corrected chi connectivity index (χ3v) is 5.64. The molecule has 1 aliphatic heterocycles. The van der Waals surface area contributed by atoms with Crippen molar-refractivity contribution in [2.75, 3.05) is 33.3 Å². The fourth-order valence-electron chi connectivity index (χ4n) is 3.78. The molecule has 0 radical (unpaired) electrons. The molecule has 1 fully saturated rings. The highest BCUT2D eigenvalue weighted by Gasteiger charge is 2.27. The van der Waals surface area contributed by atoms with Crippen LogP contribution < -0.4 is 9.47 Å². The van der Waals surface area contributed by atoms with Crippen LogP contribution in [-0.2, 0) is 4.79 Å². The van der Waals surface area contributed by atoms with Crippen molar-refractivity contribution in [3.8, 4) is 11.5 Å². The second-order valence-corrected chi connectivity index (χ2v) is 8.16. The third kappa shape index (κ3) is 5.57. The molecular weight excluding hydrogens is 392 g/mol. The van der Waals surface area contributed by atoms with Gasteiger partial charge in [-0.05, 0) is 49.1 Å². The van der Waals surface area contributed by atoms with Crippen LogP contribution in [0.5, 0.6) is 11.5 Å². The van der Waals surface area contributed by atoms with Crippen LogP contribution in [0, 0.1) is 0 Å². The van der Waals surface area contributed by atoms with Crippen molar-refractivity contribution in [1.29, 1.82) is 0 Å². The van der Waals surface area contributed by atoms with Gasteiger partial charge in [-0.2, -0.15) is 0 Å². The lowest BCUT2D eigenvalue weighted by Gasteiger charge is -2.25. The Bertz CT molecular complexity index is 895. The quantitative estimate of drug-likeness (QED) is 0.704. The Hall–Kier alpha value is -3.02. The van der Waals surface area contributed by atoms with E-state index in [2.05, 4.69) is 13.8 Å². The van der Waals surface area contributed by atoms with E-state index in [0.29, 0.717) is 49.2 Å². The maximum atomic E-state index is 13.0. The van der Waals surface area contributed by atoms with Gasteiger partial charge in [-0.1, -0.05) is 38.1 Å². The van der Waals surface area contributed by atoms with Gasteiger partial charge in [-0.3, -0.25) is 9.59 Å². The van der Waals surface area contributed by atoms with Crippen molar-refractivity contribution in [3.05, 3.63) is 59.7 Å². The third-order valence-electron chi connectivity index (χ3n) is 5.64. The molecule has 3 rings (SSSR count). The highest BCUT2D eigenvalue weighted by atomic mass is 16.5. The number of carbonyl (C=O) groups excluding carboxylic acids is 2. The van der Waals surface area contributed by atoms with Crippen LogP contribution in [0.2, 0.25) is 0 Å². The van der Waals surface area contributed by atoms with E-state index in [0.717, 1.165) is 6.42 Å². The molecule has 0 aliphatic carbocycles. The first kappa shape index (κ1) is 22.7. The molecule has 6 nitrogen and oxygen atoms in total. The van der Waals surface area contributed by atoms with E-state index in [4.69, 9.17) is 9.47 Å². The van der Waals surface area contributed by atoms with E-state index in [1.807, 2.05) is 36.4 Å². The lowest BCUT2D eigenvalue weighted by Crippen LogP contribution is -2.43. The summed E-state index contributed by atoms with van der Waals surface area (Å²) in [6, 6.07) is 15.1. The van der Waals surface area contributed by atoms with Gasteiger partial charge < -0.3 is 19.3 Å². The van der Waals surface area contributed by atoms with Gasteiger partial charge >= 0.3 is 0 Å². The largest absolute Gasteiger partial charge is 0.496 e. The van der Waals surface area contributed by atoms with Crippen molar-refractivity contribution in [2.45, 2.75) is 39.2 Å². The van der Waals surface area contributed by atoms with Crippen LogP contribution in [0.15, 0.2) is 48.5 Å². The molecule has 1 aliphatic rings. The van der Waals surface area contributed by atoms with Crippen molar-refractivity contribution < 1.29 is 19.1 Å². The molecule has 0 aromatic heterocycles. The molecule has 0 N–H and O–H groups in total. The Kier molecular flexibility index (Phi) is 7.55. The Morgan fingerprint density at radius 1 is 0.871 bits per heavy atom. The summed E-state index contributed by atoms with van der Waals surface area (Å²) < 4.78 is 11.2. The van der Waals surface area contributed by atoms with Gasteiger partial charge in [-0.15, -0.1) is 0 Å². The number of para-hydroxylation sites is 1. The van der Waals surface area contributed by atoms with Crippen molar-refractivity contribution >= 4 is 11.8 Å². The molecule has 1 saturated heterocycles. The van der Waals surface area contributed by atoms with Crippen LogP contribution in [0.1, 0.15) is 49.0 Å². The molecule has 6 heteroatoms. The summed E-state index contributed by atoms with van der Waals surface area (Å²) in [6.45, 7) is 8.24. The first-order valence-electron chi connectivity index (χ1n) is 10.9. The minimum Gasteiger partial charge on any atom is -0.496 e. The molecule has 31 heavy (non-hydrogen) atoms. The number of nitrogens with zero attached hydrogens (tertiary/aromatic N) is 2. The number of rotatable bonds is 6. The maximum Gasteiger partial charge on any atom is 0.263 e. The smallest absolute Gasteiger partial charge is 0.263 e. The van der Waals surface area contributed by atoms with Crippen molar-refractivity contribution in [1.82, 2.24) is 9.80 Å². The molecular formula is C25H32N2O4. The molecule has 166 valence electrons. The van der Waals surface area contributed by atoms with Gasteiger partial charge in [-0.25, -0.2) is 0 Å². The minimum atomic E-state index is -0.582. The fraction of sp³-hybridized carbons (Fsp3) is 0.440. The Labute approximate surface area is 184 Å². The summed E-state index contributed by atoms with van der Waals surface area (Å²) in [5.74, 6) is 1.58. The minimum absolute atomic E-state index is 0.0560. The summed E-state index contributed by atoms with van der Waals surface area (Å²) in [6.07, 6.45) is 0.143. The molecule has 0 spiro atoms. The number of carbonyl (C=O) groups is 2. The monoisotopic (exact) mass is 424 g/mol. The van der Waals surface area contributed by atoms with E-state index < -0.39 is 6.10 Å². The molecule has 2 aromatic rings. The normalized spacial score (nSPS) is 15.4. The van der Waals surface area contributed by atoms with Crippen LogP contribution in [0.3, 0.4) is 0 Å². The van der Waals surface area contributed by atoms with Gasteiger partial charge in [0.2, 0.25) is 0 Å². The molecule has 1 heterocycles. The first-order valence-corrected chi connectivity index (χ1v) is 10.9. The van der Waals surface area contributed by atoms with Crippen LogP contribution in [-0.4, -0.2) is 61.0 Å². The van der Waals surface area contributed by atoms with Gasteiger partial charge in [0, 0.05) is 26.2 Å². The van der Waals surface area contributed by atoms with E-state index in [9.17, 15) is 9.59 Å².